The molecule has 1 aliphatic rings. The molecule has 2 aromatic carbocycles. The molecule has 12 heteroatoms. The standard InChI is InChI=1S/C26H28FNO10/c1-15(29)33-14-21-23(35-16(2)30)24(36-17(3)31)22(27)25(38-21)37-20-11-9-19(10-12-20)28-26(32)34-13-18-7-5-4-6-8-18/h4-12,21-25H,13-14H2,1-3H3,(H,28,32)/t21-,22-,23-,24-,25-/m1/s1. The van der Waals surface area contributed by atoms with Crippen molar-refractivity contribution in [2.75, 3.05) is 11.9 Å². The Morgan fingerprint density at radius 1 is 0.842 bits per heavy atom. The van der Waals surface area contributed by atoms with Gasteiger partial charge in [-0.2, -0.15) is 0 Å². The van der Waals surface area contributed by atoms with Gasteiger partial charge >= 0.3 is 24.0 Å². The van der Waals surface area contributed by atoms with Crippen molar-refractivity contribution < 1.29 is 52.0 Å². The Kier molecular flexibility index (Phi) is 9.99. The maximum absolute atomic E-state index is 15.4. The quantitative estimate of drug-likeness (QED) is 0.378. The molecule has 0 aliphatic carbocycles. The number of anilines is 1. The van der Waals surface area contributed by atoms with Gasteiger partial charge in [-0.1, -0.05) is 30.3 Å². The van der Waals surface area contributed by atoms with Gasteiger partial charge in [0.1, 0.15) is 25.1 Å². The van der Waals surface area contributed by atoms with E-state index in [1.165, 1.54) is 24.3 Å². The maximum atomic E-state index is 15.4. The molecular weight excluding hydrogens is 505 g/mol. The predicted octanol–water partition coefficient (Wildman–Crippen LogP) is 3.30. The molecule has 2 aromatic rings. The zero-order chi connectivity index (χ0) is 27.7. The van der Waals surface area contributed by atoms with Gasteiger partial charge in [0.15, 0.2) is 12.2 Å². The highest BCUT2D eigenvalue weighted by Crippen LogP contribution is 2.31. The summed E-state index contributed by atoms with van der Waals surface area (Å²) in [5.74, 6) is -2.10. The number of nitrogens with one attached hydrogen (secondary N) is 1. The molecule has 0 radical (unpaired) electrons. The zero-order valence-corrected chi connectivity index (χ0v) is 21.0. The molecule has 1 heterocycles. The van der Waals surface area contributed by atoms with E-state index in [-0.39, 0.29) is 12.4 Å². The summed E-state index contributed by atoms with van der Waals surface area (Å²) in [5.41, 5.74) is 1.21. The molecule has 0 spiro atoms. The Morgan fingerprint density at radius 3 is 2.08 bits per heavy atom. The van der Waals surface area contributed by atoms with Crippen LogP contribution < -0.4 is 10.1 Å². The van der Waals surface area contributed by atoms with Gasteiger partial charge in [0.2, 0.25) is 12.5 Å². The van der Waals surface area contributed by atoms with Crippen molar-refractivity contribution in [2.45, 2.75) is 58.2 Å². The van der Waals surface area contributed by atoms with Crippen LogP contribution in [0, 0.1) is 0 Å². The molecule has 11 nitrogen and oxygen atoms in total. The Labute approximate surface area is 218 Å². The van der Waals surface area contributed by atoms with Crippen LogP contribution in [0.25, 0.3) is 0 Å². The third kappa shape index (κ3) is 8.44. The first kappa shape index (κ1) is 28.4. The number of hydrogen-bond acceptors (Lipinski definition) is 10. The molecule has 1 amide bonds. The summed E-state index contributed by atoms with van der Waals surface area (Å²) in [6, 6.07) is 15.0. The minimum atomic E-state index is -2.07. The highest BCUT2D eigenvalue weighted by Gasteiger charge is 2.52. The molecule has 204 valence electrons. The number of carbonyl (C=O) groups is 4. The van der Waals surface area contributed by atoms with Crippen LogP contribution in [0.2, 0.25) is 0 Å². The van der Waals surface area contributed by atoms with E-state index >= 15 is 4.39 Å². The molecule has 0 aromatic heterocycles. The van der Waals surface area contributed by atoms with E-state index in [1.807, 2.05) is 30.3 Å². The first-order chi connectivity index (χ1) is 18.1. The molecule has 5 atom stereocenters. The highest BCUT2D eigenvalue weighted by molar-refractivity contribution is 5.84. The molecule has 38 heavy (non-hydrogen) atoms. The van der Waals surface area contributed by atoms with E-state index in [1.54, 1.807) is 0 Å². The lowest BCUT2D eigenvalue weighted by Crippen LogP contribution is -2.61. The van der Waals surface area contributed by atoms with Crippen LogP contribution in [-0.2, 0) is 44.7 Å². The Morgan fingerprint density at radius 2 is 1.47 bits per heavy atom. The fourth-order valence-electron chi connectivity index (χ4n) is 3.59. The second kappa shape index (κ2) is 13.4. The van der Waals surface area contributed by atoms with Crippen molar-refractivity contribution in [2.24, 2.45) is 0 Å². The van der Waals surface area contributed by atoms with Crippen LogP contribution in [-0.4, -0.2) is 61.4 Å². The summed E-state index contributed by atoms with van der Waals surface area (Å²) >= 11 is 0. The lowest BCUT2D eigenvalue weighted by molar-refractivity contribution is -0.271. The summed E-state index contributed by atoms with van der Waals surface area (Å²) in [6.45, 7) is 3.01. The summed E-state index contributed by atoms with van der Waals surface area (Å²) in [4.78, 5) is 46.6. The third-order valence-electron chi connectivity index (χ3n) is 5.19. The van der Waals surface area contributed by atoms with Gasteiger partial charge in [-0.05, 0) is 29.8 Å². The average Bonchev–Trinajstić information content (AvgIpc) is 2.87. The molecule has 3 rings (SSSR count). The van der Waals surface area contributed by atoms with Crippen LogP contribution in [0.1, 0.15) is 26.3 Å². The number of rotatable bonds is 9. The van der Waals surface area contributed by atoms with Gasteiger partial charge in [-0.3, -0.25) is 19.7 Å². The van der Waals surface area contributed by atoms with Crippen molar-refractivity contribution >= 4 is 29.7 Å². The van der Waals surface area contributed by atoms with Crippen molar-refractivity contribution in [3.05, 3.63) is 60.2 Å². The monoisotopic (exact) mass is 533 g/mol. The average molecular weight is 534 g/mol. The highest BCUT2D eigenvalue weighted by atomic mass is 19.1. The molecule has 1 saturated heterocycles. The van der Waals surface area contributed by atoms with Gasteiger partial charge in [-0.25, -0.2) is 9.18 Å². The fourth-order valence-corrected chi connectivity index (χ4v) is 3.59. The fraction of sp³-hybridized carbons (Fsp3) is 0.385. The first-order valence-electron chi connectivity index (χ1n) is 11.6. The normalized spacial score (nSPS) is 22.5. The minimum Gasteiger partial charge on any atom is -0.463 e. The lowest BCUT2D eigenvalue weighted by atomic mass is 9.99. The molecule has 0 saturated carbocycles. The van der Waals surface area contributed by atoms with Gasteiger partial charge in [-0.15, -0.1) is 0 Å². The van der Waals surface area contributed by atoms with Gasteiger partial charge in [0.05, 0.1) is 0 Å². The van der Waals surface area contributed by atoms with E-state index in [9.17, 15) is 19.2 Å². The number of halogens is 1. The minimum absolute atomic E-state index is 0.0944. The van der Waals surface area contributed by atoms with Crippen LogP contribution in [0.15, 0.2) is 54.6 Å². The van der Waals surface area contributed by atoms with E-state index in [0.717, 1.165) is 26.3 Å². The van der Waals surface area contributed by atoms with Crippen molar-refractivity contribution in [3.8, 4) is 5.75 Å². The molecule has 1 N–H and O–H groups in total. The summed E-state index contributed by atoms with van der Waals surface area (Å²) in [5, 5.41) is 2.56. The predicted molar refractivity (Wildman–Crippen MR) is 129 cm³/mol. The molecule has 1 aliphatic heterocycles. The van der Waals surface area contributed by atoms with Crippen molar-refractivity contribution in [1.82, 2.24) is 0 Å². The Bertz CT molecular complexity index is 1110. The van der Waals surface area contributed by atoms with E-state index in [4.69, 9.17) is 28.4 Å². The number of hydrogen-bond donors (Lipinski definition) is 1. The number of alkyl halides is 1. The number of amides is 1. The topological polar surface area (TPSA) is 136 Å². The van der Waals surface area contributed by atoms with Gasteiger partial charge in [0, 0.05) is 26.5 Å². The molecular formula is C26H28FNO10. The van der Waals surface area contributed by atoms with Crippen LogP contribution in [0.3, 0.4) is 0 Å². The van der Waals surface area contributed by atoms with Gasteiger partial charge in [0.25, 0.3) is 0 Å². The largest absolute Gasteiger partial charge is 0.463 e. The summed E-state index contributed by atoms with van der Waals surface area (Å²) in [6.07, 6.45) is -8.51. The number of esters is 3. The van der Waals surface area contributed by atoms with Crippen LogP contribution >= 0.6 is 0 Å². The van der Waals surface area contributed by atoms with E-state index in [2.05, 4.69) is 5.32 Å². The Balaban J connectivity index is 1.66. The van der Waals surface area contributed by atoms with E-state index in [0.29, 0.717) is 5.69 Å². The Hall–Kier alpha value is -4.19. The second-order valence-electron chi connectivity index (χ2n) is 8.27. The first-order valence-corrected chi connectivity index (χ1v) is 11.6. The van der Waals surface area contributed by atoms with Crippen molar-refractivity contribution in [1.29, 1.82) is 0 Å². The number of carbonyl (C=O) groups excluding carboxylic acids is 4. The summed E-state index contributed by atoms with van der Waals surface area (Å²) in [7, 11) is 0. The smallest absolute Gasteiger partial charge is 0.411 e. The van der Waals surface area contributed by atoms with Crippen LogP contribution in [0.5, 0.6) is 5.75 Å². The van der Waals surface area contributed by atoms with Gasteiger partial charge < -0.3 is 28.4 Å². The SMILES string of the molecule is CC(=O)OC[C@H]1O[C@@H](Oc2ccc(NC(=O)OCc3ccccc3)cc2)[C@H](F)[C@@H](OC(C)=O)[C@@H]1OC(C)=O. The van der Waals surface area contributed by atoms with Crippen LogP contribution in [0.4, 0.5) is 14.9 Å². The molecule has 0 unspecified atom stereocenters. The third-order valence-corrected chi connectivity index (χ3v) is 5.19. The number of benzene rings is 2. The summed E-state index contributed by atoms with van der Waals surface area (Å²) < 4.78 is 47.0. The molecule has 1 fully saturated rings. The molecule has 0 bridgehead atoms. The number of ether oxygens (including phenoxy) is 6. The van der Waals surface area contributed by atoms with Crippen molar-refractivity contribution in [3.63, 3.8) is 0 Å². The zero-order valence-electron chi connectivity index (χ0n) is 21.0. The lowest BCUT2D eigenvalue weighted by Gasteiger charge is -2.41. The second-order valence-corrected chi connectivity index (χ2v) is 8.27. The maximum Gasteiger partial charge on any atom is 0.411 e. The van der Waals surface area contributed by atoms with E-state index < -0.39 is 61.4 Å².